The number of carbonyl (C=O) groups excluding carboxylic acids is 4. The molecule has 2 aromatic rings. The molecule has 55 heavy (non-hydrogen) atoms. The van der Waals surface area contributed by atoms with E-state index in [0.29, 0.717) is 24.0 Å². The van der Waals surface area contributed by atoms with Crippen molar-refractivity contribution in [1.29, 1.82) is 0 Å². The molecule has 300 valence electrons. The molecule has 6 rings (SSSR count). The van der Waals surface area contributed by atoms with E-state index in [1.54, 1.807) is 26.8 Å². The summed E-state index contributed by atoms with van der Waals surface area (Å²) in [6.45, 7) is 7.87. The normalized spacial score (nSPS) is 30.1. The maximum atomic E-state index is 14.7. The molecule has 3 heterocycles. The smallest absolute Gasteiger partial charge is 0.408 e. The largest absolute Gasteiger partial charge is 0.494 e. The molecule has 14 nitrogen and oxygen atoms in total. The number of amides is 4. The lowest BCUT2D eigenvalue weighted by Gasteiger charge is -2.33. The Morgan fingerprint density at radius 1 is 1.11 bits per heavy atom. The average Bonchev–Trinajstić information content (AvgIpc) is 4.02. The lowest BCUT2D eigenvalue weighted by atomic mass is 9.88. The Morgan fingerprint density at radius 3 is 2.47 bits per heavy atom. The van der Waals surface area contributed by atoms with Crippen molar-refractivity contribution in [3.63, 3.8) is 0 Å². The van der Waals surface area contributed by atoms with Gasteiger partial charge in [-0.1, -0.05) is 44.2 Å². The van der Waals surface area contributed by atoms with Crippen LogP contribution >= 0.6 is 0 Å². The zero-order chi connectivity index (χ0) is 39.9. The minimum absolute atomic E-state index is 0.00891. The third kappa shape index (κ3) is 8.38. The van der Waals surface area contributed by atoms with Crippen LogP contribution in [0, 0.1) is 17.8 Å². The van der Waals surface area contributed by atoms with E-state index in [4.69, 9.17) is 14.2 Å². The molecular weight excluding hydrogens is 734 g/mol. The van der Waals surface area contributed by atoms with Crippen molar-refractivity contribution < 1.29 is 46.2 Å². The minimum atomic E-state index is -4.38. The van der Waals surface area contributed by atoms with E-state index >= 15 is 0 Å². The summed E-state index contributed by atoms with van der Waals surface area (Å²) in [7, 11) is -2.85. The average molecular weight is 786 g/mol. The van der Waals surface area contributed by atoms with Gasteiger partial charge in [-0.2, -0.15) is 0 Å². The number of hydrogen-bond acceptors (Lipinski definition) is 10. The summed E-state index contributed by atoms with van der Waals surface area (Å²) in [6.07, 6.45) is 5.89. The number of hydrogen-bond donors (Lipinski definition) is 3. The van der Waals surface area contributed by atoms with Crippen LogP contribution < -0.4 is 24.8 Å². The van der Waals surface area contributed by atoms with Crippen LogP contribution in [-0.2, 0) is 29.1 Å². The summed E-state index contributed by atoms with van der Waals surface area (Å²) in [4.78, 5) is 62.1. The van der Waals surface area contributed by atoms with E-state index in [2.05, 4.69) is 27.3 Å². The SMILES string of the molecule is COc1cnc(O[C@@H]2C[C@H]3C(=O)N[C@]4(C(=O)NS(=O)(=O)C5(CF)CC5)C[C@H]4/C=C\CCC(C)C[C@@H](C)[C@H](NC(=O)OC(C)(C)C)C(=O)N3C2)c2ccccc12. The van der Waals surface area contributed by atoms with Gasteiger partial charge >= 0.3 is 6.09 Å². The Labute approximate surface area is 321 Å². The number of carbonyl (C=O) groups is 4. The van der Waals surface area contributed by atoms with Gasteiger partial charge in [0.15, 0.2) is 0 Å². The van der Waals surface area contributed by atoms with Gasteiger partial charge in [0.25, 0.3) is 5.91 Å². The van der Waals surface area contributed by atoms with Gasteiger partial charge in [-0.05, 0) is 77.2 Å². The number of alkyl carbamates (subject to hydrolysis) is 1. The number of nitrogens with one attached hydrogen (secondary N) is 3. The predicted octanol–water partition coefficient (Wildman–Crippen LogP) is 4.32. The monoisotopic (exact) mass is 785 g/mol. The fraction of sp³-hybridized carbons (Fsp3) is 0.615. The highest BCUT2D eigenvalue weighted by Crippen LogP contribution is 2.48. The molecule has 2 aliphatic heterocycles. The number of alkyl halides is 1. The van der Waals surface area contributed by atoms with Crippen LogP contribution in [0.4, 0.5) is 9.18 Å². The summed E-state index contributed by atoms with van der Waals surface area (Å²) >= 11 is 0. The van der Waals surface area contributed by atoms with Crippen molar-refractivity contribution in [3.05, 3.63) is 42.6 Å². The first-order chi connectivity index (χ1) is 25.9. The lowest BCUT2D eigenvalue weighted by molar-refractivity contribution is -0.142. The van der Waals surface area contributed by atoms with Crippen LogP contribution in [-0.4, -0.2) is 96.5 Å². The fourth-order valence-corrected chi connectivity index (χ4v) is 9.17. The Balaban J connectivity index is 1.35. The summed E-state index contributed by atoms with van der Waals surface area (Å²) in [5, 5.41) is 7.01. The lowest BCUT2D eigenvalue weighted by Crippen LogP contribution is -2.59. The number of aromatic nitrogens is 1. The molecule has 2 aliphatic carbocycles. The predicted molar refractivity (Wildman–Crippen MR) is 201 cm³/mol. The van der Waals surface area contributed by atoms with E-state index < -0.39 is 80.5 Å². The molecular formula is C39H52FN5O9S. The number of allylic oxidation sites excluding steroid dienone is 1. The van der Waals surface area contributed by atoms with Gasteiger partial charge in [0.1, 0.15) is 46.5 Å². The number of fused-ring (bicyclic) bond motifs is 3. The molecule has 1 saturated heterocycles. The quantitative estimate of drug-likeness (QED) is 0.326. The number of methoxy groups -OCH3 is 1. The fourth-order valence-electron chi connectivity index (χ4n) is 7.74. The van der Waals surface area contributed by atoms with Crippen LogP contribution in [0.3, 0.4) is 0 Å². The molecule has 3 N–H and O–H groups in total. The molecule has 1 unspecified atom stereocenters. The molecule has 0 radical (unpaired) electrons. The van der Waals surface area contributed by atoms with Crippen LogP contribution in [0.1, 0.15) is 79.6 Å². The van der Waals surface area contributed by atoms with Gasteiger partial charge in [0.2, 0.25) is 27.7 Å². The number of rotatable bonds is 8. The van der Waals surface area contributed by atoms with Crippen molar-refractivity contribution in [3.8, 4) is 11.6 Å². The van der Waals surface area contributed by atoms with Crippen molar-refractivity contribution in [1.82, 2.24) is 25.2 Å². The van der Waals surface area contributed by atoms with Gasteiger partial charge in [-0.3, -0.25) is 19.1 Å². The second-order valence-electron chi connectivity index (χ2n) is 16.6. The van der Waals surface area contributed by atoms with Crippen molar-refractivity contribution >= 4 is 44.6 Å². The molecule has 7 atom stereocenters. The maximum Gasteiger partial charge on any atom is 0.408 e. The highest BCUT2D eigenvalue weighted by molar-refractivity contribution is 7.91. The molecule has 4 aliphatic rings. The number of halogens is 1. The second-order valence-corrected chi connectivity index (χ2v) is 18.7. The number of pyridine rings is 1. The van der Waals surface area contributed by atoms with Crippen LogP contribution in [0.15, 0.2) is 42.6 Å². The number of benzene rings is 1. The molecule has 0 bridgehead atoms. The maximum absolute atomic E-state index is 14.7. The van der Waals surface area contributed by atoms with Crippen molar-refractivity contribution in [2.75, 3.05) is 20.3 Å². The third-order valence-electron chi connectivity index (χ3n) is 11.2. The van der Waals surface area contributed by atoms with Gasteiger partial charge < -0.3 is 29.7 Å². The first-order valence-corrected chi connectivity index (χ1v) is 20.4. The van der Waals surface area contributed by atoms with E-state index in [1.807, 2.05) is 37.3 Å². The van der Waals surface area contributed by atoms with Gasteiger partial charge in [0.05, 0.1) is 19.9 Å². The zero-order valence-electron chi connectivity index (χ0n) is 32.2. The summed E-state index contributed by atoms with van der Waals surface area (Å²) < 4.78 is 58.0. The zero-order valence-corrected chi connectivity index (χ0v) is 33.0. The number of sulfonamides is 1. The molecule has 3 fully saturated rings. The highest BCUT2D eigenvalue weighted by Gasteiger charge is 2.64. The second kappa shape index (κ2) is 15.2. The molecule has 0 spiro atoms. The molecule has 1 aromatic carbocycles. The molecule has 16 heteroatoms. The van der Waals surface area contributed by atoms with Crippen molar-refractivity contribution in [2.24, 2.45) is 17.8 Å². The minimum Gasteiger partial charge on any atom is -0.494 e. The first kappa shape index (κ1) is 40.2. The number of ether oxygens (including phenoxy) is 3. The van der Waals surface area contributed by atoms with E-state index in [-0.39, 0.29) is 49.9 Å². The van der Waals surface area contributed by atoms with Gasteiger partial charge in [-0.25, -0.2) is 22.6 Å². The molecule has 4 amide bonds. The van der Waals surface area contributed by atoms with Crippen LogP contribution in [0.25, 0.3) is 10.8 Å². The Bertz CT molecular complexity index is 1970. The third-order valence-corrected chi connectivity index (χ3v) is 13.3. The van der Waals surface area contributed by atoms with E-state index in [1.165, 1.54) is 18.2 Å². The molecule has 2 saturated carbocycles. The Kier molecular flexibility index (Phi) is 11.1. The summed E-state index contributed by atoms with van der Waals surface area (Å²) in [5.41, 5.74) is -2.49. The standard InChI is InChI=1S/C39H52FN5O9S/c1-23-11-7-8-12-25-19-39(25,35(48)44-55(50,51)38(22-40)15-16-38)43-32(46)29-18-26(53-33-28-14-10-9-13-27(28)30(52-6)20-41-33)21-45(29)34(47)31(24(2)17-23)42-36(49)54-37(3,4)5/h8-10,12-14,20,23-26,29,31H,7,11,15-19,21-22H2,1-6H3,(H,42,49)(H,43,46)(H,44,48)/b12-8-/t23?,24-,25-,26-,29+,31+,39-/m1/s1. The van der Waals surface area contributed by atoms with Gasteiger partial charge in [0, 0.05) is 23.1 Å². The van der Waals surface area contributed by atoms with Crippen LogP contribution in [0.2, 0.25) is 0 Å². The summed E-state index contributed by atoms with van der Waals surface area (Å²) in [5.74, 6) is -2.19. The van der Waals surface area contributed by atoms with E-state index in [9.17, 15) is 32.0 Å². The highest BCUT2D eigenvalue weighted by atomic mass is 32.2. The first-order valence-electron chi connectivity index (χ1n) is 18.9. The van der Waals surface area contributed by atoms with E-state index in [0.717, 1.165) is 11.8 Å². The van der Waals surface area contributed by atoms with Crippen molar-refractivity contribution in [2.45, 2.75) is 114 Å². The van der Waals surface area contributed by atoms with Gasteiger partial charge in [-0.15, -0.1) is 0 Å². The Morgan fingerprint density at radius 2 is 1.82 bits per heavy atom. The summed E-state index contributed by atoms with van der Waals surface area (Å²) in [6, 6.07) is 5.08. The Hall–Kier alpha value is -4.47. The number of nitrogens with zero attached hydrogens (tertiary/aromatic N) is 2. The topological polar surface area (TPSA) is 182 Å². The molecule has 1 aromatic heterocycles. The van der Waals surface area contributed by atoms with Crippen LogP contribution in [0.5, 0.6) is 11.6 Å².